The average Bonchev–Trinajstić information content (AvgIpc) is 3.01. The quantitative estimate of drug-likeness (QED) is 0.609. The fourth-order valence-electron chi connectivity index (χ4n) is 2.54. The second-order valence-corrected chi connectivity index (χ2v) is 5.75. The molecule has 0 atom stereocenters. The number of aryl methyl sites for hydroxylation is 1. The van der Waals surface area contributed by atoms with Crippen LogP contribution in [0.25, 0.3) is 11.2 Å². The molecule has 0 amide bonds. The van der Waals surface area contributed by atoms with Crippen molar-refractivity contribution in [3.63, 3.8) is 0 Å². The Hall–Kier alpha value is -2.61. The minimum atomic E-state index is -0.282. The molecule has 2 aromatic heterocycles. The van der Waals surface area contributed by atoms with Gasteiger partial charge in [-0.1, -0.05) is 30.3 Å². The number of nitrogens with zero attached hydrogens (tertiary/aromatic N) is 5. The number of rotatable bonds is 8. The Balaban J connectivity index is 1.98. The van der Waals surface area contributed by atoms with Crippen molar-refractivity contribution in [1.29, 1.82) is 0 Å². The van der Waals surface area contributed by atoms with Gasteiger partial charge in [-0.2, -0.15) is 0 Å². The van der Waals surface area contributed by atoms with Gasteiger partial charge in [-0.15, -0.1) is 5.10 Å². The lowest BCUT2D eigenvalue weighted by atomic mass is 10.2. The first-order chi connectivity index (χ1) is 12.2. The topological polar surface area (TPSA) is 88.8 Å². The third-order valence-electron chi connectivity index (χ3n) is 3.79. The highest BCUT2D eigenvalue weighted by Gasteiger charge is 2.15. The van der Waals surface area contributed by atoms with Crippen molar-refractivity contribution in [2.75, 3.05) is 18.5 Å². The molecule has 3 rings (SSSR count). The monoisotopic (exact) mass is 344 g/mol. The number of fused-ring (bicyclic) bond motifs is 1. The van der Waals surface area contributed by atoms with Crippen LogP contribution in [0.4, 0.5) is 10.2 Å². The summed E-state index contributed by atoms with van der Waals surface area (Å²) in [6.45, 7) is 2.99. The molecule has 132 valence electrons. The van der Waals surface area contributed by atoms with E-state index in [1.54, 1.807) is 22.9 Å². The fraction of sp³-hybridized carbons (Fsp3) is 0.412. The van der Waals surface area contributed by atoms with Crippen LogP contribution >= 0.6 is 0 Å². The van der Waals surface area contributed by atoms with Crippen molar-refractivity contribution in [3.05, 3.63) is 41.5 Å². The third kappa shape index (κ3) is 3.90. The van der Waals surface area contributed by atoms with E-state index in [0.29, 0.717) is 41.3 Å². The predicted molar refractivity (Wildman–Crippen MR) is 92.8 cm³/mol. The Morgan fingerprint density at radius 2 is 2.08 bits per heavy atom. The van der Waals surface area contributed by atoms with Crippen molar-refractivity contribution in [1.82, 2.24) is 25.0 Å². The van der Waals surface area contributed by atoms with Crippen molar-refractivity contribution < 1.29 is 9.50 Å². The van der Waals surface area contributed by atoms with Gasteiger partial charge in [0, 0.05) is 25.1 Å². The number of hydrogen-bond donors (Lipinski definition) is 2. The minimum Gasteiger partial charge on any atom is -0.396 e. The molecule has 3 aromatic rings. The number of nitrogens with one attached hydrogen (secondary N) is 1. The summed E-state index contributed by atoms with van der Waals surface area (Å²) in [6.07, 6.45) is 2.25. The highest BCUT2D eigenvalue weighted by atomic mass is 19.1. The summed E-state index contributed by atoms with van der Waals surface area (Å²) >= 11 is 0. The average molecular weight is 344 g/mol. The van der Waals surface area contributed by atoms with Crippen molar-refractivity contribution in [2.24, 2.45) is 0 Å². The first-order valence-electron chi connectivity index (χ1n) is 8.41. The van der Waals surface area contributed by atoms with E-state index in [2.05, 4.69) is 32.5 Å². The zero-order chi connectivity index (χ0) is 17.6. The molecule has 0 fully saturated rings. The maximum Gasteiger partial charge on any atom is 0.184 e. The summed E-state index contributed by atoms with van der Waals surface area (Å²) in [5.74, 6) is 1.01. The number of halogens is 1. The zero-order valence-electron chi connectivity index (χ0n) is 14.1. The van der Waals surface area contributed by atoms with Gasteiger partial charge >= 0.3 is 0 Å². The minimum absolute atomic E-state index is 0.100. The summed E-state index contributed by atoms with van der Waals surface area (Å²) in [5.41, 5.74) is 1.65. The normalized spacial score (nSPS) is 11.2. The Bertz CT molecular complexity index is 850. The van der Waals surface area contributed by atoms with Crippen LogP contribution in [0.1, 0.15) is 31.2 Å². The van der Waals surface area contributed by atoms with Gasteiger partial charge in [-0.05, 0) is 18.9 Å². The molecule has 2 N–H and O–H groups in total. The Morgan fingerprint density at radius 1 is 1.24 bits per heavy atom. The molecule has 0 aliphatic heterocycles. The molecule has 0 aliphatic rings. The van der Waals surface area contributed by atoms with Crippen LogP contribution in [-0.2, 0) is 13.0 Å². The lowest BCUT2D eigenvalue weighted by Crippen LogP contribution is -2.10. The summed E-state index contributed by atoms with van der Waals surface area (Å²) in [5, 5.41) is 20.4. The largest absolute Gasteiger partial charge is 0.396 e. The zero-order valence-corrected chi connectivity index (χ0v) is 14.1. The van der Waals surface area contributed by atoms with Crippen LogP contribution in [0.5, 0.6) is 0 Å². The molecule has 0 bridgehead atoms. The summed E-state index contributed by atoms with van der Waals surface area (Å²) < 4.78 is 15.5. The van der Waals surface area contributed by atoms with E-state index in [9.17, 15) is 4.39 Å². The number of aliphatic hydroxyl groups excluding tert-OH is 1. The Morgan fingerprint density at radius 3 is 2.84 bits per heavy atom. The maximum absolute atomic E-state index is 13.9. The van der Waals surface area contributed by atoms with Crippen LogP contribution in [0.3, 0.4) is 0 Å². The first kappa shape index (κ1) is 17.2. The van der Waals surface area contributed by atoms with E-state index in [1.165, 1.54) is 6.07 Å². The highest BCUT2D eigenvalue weighted by molar-refractivity contribution is 5.82. The number of hydrogen-bond acceptors (Lipinski definition) is 6. The lowest BCUT2D eigenvalue weighted by molar-refractivity contribution is 0.292. The molecule has 2 heterocycles. The standard InChI is InChI=1S/C17H21FN6O/c1-2-6-14-20-16(19-9-5-10-25)15-17(21-14)24(23-22-15)11-12-7-3-4-8-13(12)18/h3-4,7-8,25H,2,5-6,9-11H2,1H3,(H,19,20,21). The molecule has 0 saturated heterocycles. The predicted octanol–water partition coefficient (Wildman–Crippen LogP) is 2.16. The van der Waals surface area contributed by atoms with Gasteiger partial charge in [0.05, 0.1) is 6.54 Å². The molecule has 0 aliphatic carbocycles. The van der Waals surface area contributed by atoms with E-state index in [-0.39, 0.29) is 19.0 Å². The second-order valence-electron chi connectivity index (χ2n) is 5.75. The fourth-order valence-corrected chi connectivity index (χ4v) is 2.54. The number of aliphatic hydroxyl groups is 1. The van der Waals surface area contributed by atoms with E-state index in [4.69, 9.17) is 5.11 Å². The molecule has 0 saturated carbocycles. The molecule has 8 heteroatoms. The van der Waals surface area contributed by atoms with Crippen molar-refractivity contribution in [2.45, 2.75) is 32.7 Å². The maximum atomic E-state index is 13.9. The summed E-state index contributed by atoms with van der Waals surface area (Å²) in [4.78, 5) is 9.06. The summed E-state index contributed by atoms with van der Waals surface area (Å²) in [6, 6.07) is 6.59. The van der Waals surface area contributed by atoms with E-state index < -0.39 is 0 Å². The van der Waals surface area contributed by atoms with Gasteiger partial charge in [0.2, 0.25) is 0 Å². The van der Waals surface area contributed by atoms with Crippen molar-refractivity contribution in [3.8, 4) is 0 Å². The molecule has 1 aromatic carbocycles. The van der Waals surface area contributed by atoms with Gasteiger partial charge in [-0.25, -0.2) is 19.0 Å². The van der Waals surface area contributed by atoms with Gasteiger partial charge in [-0.3, -0.25) is 0 Å². The van der Waals surface area contributed by atoms with Crippen LogP contribution in [-0.4, -0.2) is 43.2 Å². The number of aromatic nitrogens is 5. The molecule has 0 unspecified atom stereocenters. The molecule has 25 heavy (non-hydrogen) atoms. The molecular weight excluding hydrogens is 323 g/mol. The third-order valence-corrected chi connectivity index (χ3v) is 3.79. The van der Waals surface area contributed by atoms with E-state index in [0.717, 1.165) is 12.8 Å². The lowest BCUT2D eigenvalue weighted by Gasteiger charge is -2.08. The van der Waals surface area contributed by atoms with Gasteiger partial charge < -0.3 is 10.4 Å². The smallest absolute Gasteiger partial charge is 0.184 e. The van der Waals surface area contributed by atoms with Crippen LogP contribution < -0.4 is 5.32 Å². The van der Waals surface area contributed by atoms with Crippen LogP contribution in [0.15, 0.2) is 24.3 Å². The molecule has 0 radical (unpaired) electrons. The molecule has 0 spiro atoms. The Labute approximate surface area is 144 Å². The number of anilines is 1. The Kier molecular flexibility index (Phi) is 5.49. The molecular formula is C17H21FN6O. The second kappa shape index (κ2) is 7.98. The highest BCUT2D eigenvalue weighted by Crippen LogP contribution is 2.20. The van der Waals surface area contributed by atoms with E-state index in [1.807, 2.05) is 0 Å². The molecule has 7 nitrogen and oxygen atoms in total. The van der Waals surface area contributed by atoms with Crippen LogP contribution in [0, 0.1) is 5.82 Å². The van der Waals surface area contributed by atoms with Gasteiger partial charge in [0.1, 0.15) is 11.6 Å². The summed E-state index contributed by atoms with van der Waals surface area (Å²) in [7, 11) is 0. The van der Waals surface area contributed by atoms with E-state index >= 15 is 0 Å². The van der Waals surface area contributed by atoms with Gasteiger partial charge in [0.15, 0.2) is 17.0 Å². The number of benzene rings is 1. The first-order valence-corrected chi connectivity index (χ1v) is 8.41. The van der Waals surface area contributed by atoms with Crippen LogP contribution in [0.2, 0.25) is 0 Å². The van der Waals surface area contributed by atoms with Gasteiger partial charge in [0.25, 0.3) is 0 Å². The SMILES string of the molecule is CCCc1nc(NCCCO)c2nnn(Cc3ccccc3F)c2n1. The van der Waals surface area contributed by atoms with Crippen molar-refractivity contribution >= 4 is 17.0 Å².